The molecular formula is C21H34N2O2. The van der Waals surface area contributed by atoms with Gasteiger partial charge in [0.25, 0.3) is 5.91 Å². The lowest BCUT2D eigenvalue weighted by Crippen LogP contribution is -2.42. The number of amides is 1. The van der Waals surface area contributed by atoms with E-state index in [-0.39, 0.29) is 11.7 Å². The van der Waals surface area contributed by atoms with Crippen LogP contribution in [0.25, 0.3) is 0 Å². The standard InChI is InChI=1S/C12H17NO2.C9H17N/c1-3-9-13(4-2)12(15)10-5-7-11(14)8-6-10;1-2-7-10(8-3-1)9-5-4-6-9/h5-8,14H,3-4,9H2,1-2H3;9H,1-8H2. The molecular weight excluding hydrogens is 312 g/mol. The van der Waals surface area contributed by atoms with Crippen molar-refractivity contribution in [3.8, 4) is 5.75 Å². The second-order valence-electron chi connectivity index (χ2n) is 7.11. The highest BCUT2D eigenvalue weighted by Crippen LogP contribution is 2.26. The van der Waals surface area contributed by atoms with Gasteiger partial charge in [0.2, 0.25) is 0 Å². The average Bonchev–Trinajstić information content (AvgIpc) is 2.60. The van der Waals surface area contributed by atoms with Crippen LogP contribution in [-0.2, 0) is 0 Å². The van der Waals surface area contributed by atoms with Gasteiger partial charge in [0.05, 0.1) is 0 Å². The number of hydrogen-bond donors (Lipinski definition) is 1. The van der Waals surface area contributed by atoms with E-state index < -0.39 is 0 Å². The minimum atomic E-state index is 0.0272. The SMILES string of the molecule is C1CCN(C2CCC2)CC1.CCCN(CC)C(=O)c1ccc(O)cc1. The van der Waals surface area contributed by atoms with Crippen LogP contribution in [0.5, 0.6) is 5.75 Å². The minimum Gasteiger partial charge on any atom is -0.508 e. The average molecular weight is 347 g/mol. The van der Waals surface area contributed by atoms with E-state index >= 15 is 0 Å². The molecule has 1 saturated heterocycles. The number of carbonyl (C=O) groups is 1. The van der Waals surface area contributed by atoms with E-state index in [1.54, 1.807) is 17.0 Å². The first-order chi connectivity index (χ1) is 12.2. The van der Waals surface area contributed by atoms with Crippen LogP contribution in [0.4, 0.5) is 0 Å². The molecule has 1 saturated carbocycles. The third-order valence-corrected chi connectivity index (χ3v) is 5.26. The number of hydrogen-bond acceptors (Lipinski definition) is 3. The van der Waals surface area contributed by atoms with Crippen molar-refractivity contribution >= 4 is 5.91 Å². The Kier molecular flexibility index (Phi) is 8.26. The summed E-state index contributed by atoms with van der Waals surface area (Å²) in [6.45, 7) is 8.29. The highest BCUT2D eigenvalue weighted by molar-refractivity contribution is 5.94. The van der Waals surface area contributed by atoms with Crippen molar-refractivity contribution in [2.45, 2.75) is 64.8 Å². The molecule has 1 heterocycles. The molecule has 4 heteroatoms. The van der Waals surface area contributed by atoms with Gasteiger partial charge < -0.3 is 14.9 Å². The predicted octanol–water partition coefficient (Wildman–Crippen LogP) is 4.29. The molecule has 0 unspecified atom stereocenters. The smallest absolute Gasteiger partial charge is 0.253 e. The van der Waals surface area contributed by atoms with Crippen LogP contribution in [0.3, 0.4) is 0 Å². The molecule has 0 spiro atoms. The number of likely N-dealkylation sites (tertiary alicyclic amines) is 1. The molecule has 0 bridgehead atoms. The van der Waals surface area contributed by atoms with Crippen LogP contribution < -0.4 is 0 Å². The Bertz CT molecular complexity index is 505. The van der Waals surface area contributed by atoms with E-state index in [0.717, 1.165) is 19.0 Å². The monoisotopic (exact) mass is 346 g/mol. The summed E-state index contributed by atoms with van der Waals surface area (Å²) in [5.74, 6) is 0.212. The zero-order valence-corrected chi connectivity index (χ0v) is 15.9. The van der Waals surface area contributed by atoms with Gasteiger partial charge in [0.1, 0.15) is 5.75 Å². The van der Waals surface area contributed by atoms with Gasteiger partial charge in [-0.2, -0.15) is 0 Å². The Hall–Kier alpha value is -1.55. The molecule has 0 aromatic heterocycles. The summed E-state index contributed by atoms with van der Waals surface area (Å²) >= 11 is 0. The van der Waals surface area contributed by atoms with Crippen molar-refractivity contribution in [2.24, 2.45) is 0 Å². The van der Waals surface area contributed by atoms with Gasteiger partial charge >= 0.3 is 0 Å². The fourth-order valence-electron chi connectivity index (χ4n) is 3.50. The van der Waals surface area contributed by atoms with Crippen LogP contribution in [0.1, 0.15) is 69.2 Å². The molecule has 25 heavy (non-hydrogen) atoms. The number of benzene rings is 1. The molecule has 1 aliphatic carbocycles. The lowest BCUT2D eigenvalue weighted by Gasteiger charge is -2.39. The van der Waals surface area contributed by atoms with Crippen LogP contribution in [-0.4, -0.2) is 53.0 Å². The van der Waals surface area contributed by atoms with Crippen molar-refractivity contribution in [1.82, 2.24) is 9.80 Å². The van der Waals surface area contributed by atoms with Gasteiger partial charge in [-0.3, -0.25) is 4.79 Å². The third kappa shape index (κ3) is 6.03. The van der Waals surface area contributed by atoms with Gasteiger partial charge in [0.15, 0.2) is 0 Å². The number of carbonyl (C=O) groups excluding carboxylic acids is 1. The van der Waals surface area contributed by atoms with Crippen LogP contribution in [0.2, 0.25) is 0 Å². The maximum Gasteiger partial charge on any atom is 0.253 e. The lowest BCUT2D eigenvalue weighted by molar-refractivity contribution is 0.0764. The molecule has 4 nitrogen and oxygen atoms in total. The van der Waals surface area contributed by atoms with E-state index in [1.165, 1.54) is 63.7 Å². The summed E-state index contributed by atoms with van der Waals surface area (Å²) in [6, 6.07) is 7.37. The Labute approximate surface area is 152 Å². The molecule has 1 aromatic carbocycles. The maximum absolute atomic E-state index is 11.9. The fourth-order valence-corrected chi connectivity index (χ4v) is 3.50. The van der Waals surface area contributed by atoms with Crippen LogP contribution in [0.15, 0.2) is 24.3 Å². The topological polar surface area (TPSA) is 43.8 Å². The van der Waals surface area contributed by atoms with E-state index in [9.17, 15) is 4.79 Å². The Balaban J connectivity index is 0.000000194. The second kappa shape index (κ2) is 10.4. The highest BCUT2D eigenvalue weighted by Gasteiger charge is 2.25. The Morgan fingerprint density at radius 3 is 2.20 bits per heavy atom. The highest BCUT2D eigenvalue weighted by atomic mass is 16.3. The van der Waals surface area contributed by atoms with Gasteiger partial charge in [-0.25, -0.2) is 0 Å². The second-order valence-corrected chi connectivity index (χ2v) is 7.11. The van der Waals surface area contributed by atoms with E-state index in [1.807, 2.05) is 13.8 Å². The first kappa shape index (κ1) is 19.8. The molecule has 2 fully saturated rings. The zero-order valence-electron chi connectivity index (χ0n) is 15.9. The molecule has 0 radical (unpaired) electrons. The first-order valence-electron chi connectivity index (χ1n) is 9.98. The summed E-state index contributed by atoms with van der Waals surface area (Å²) < 4.78 is 0. The molecule has 1 N–H and O–H groups in total. The molecule has 140 valence electrons. The maximum atomic E-state index is 11.9. The predicted molar refractivity (Wildman–Crippen MR) is 103 cm³/mol. The van der Waals surface area contributed by atoms with Gasteiger partial charge in [0, 0.05) is 24.7 Å². The largest absolute Gasteiger partial charge is 0.508 e. The quantitative estimate of drug-likeness (QED) is 0.865. The number of nitrogens with zero attached hydrogens (tertiary/aromatic N) is 2. The summed E-state index contributed by atoms with van der Waals surface area (Å²) in [7, 11) is 0. The Morgan fingerprint density at radius 2 is 1.72 bits per heavy atom. The third-order valence-electron chi connectivity index (χ3n) is 5.26. The van der Waals surface area contributed by atoms with E-state index in [0.29, 0.717) is 12.1 Å². The summed E-state index contributed by atoms with van der Waals surface area (Å²) in [4.78, 5) is 16.4. The molecule has 1 amide bonds. The van der Waals surface area contributed by atoms with Crippen LogP contribution >= 0.6 is 0 Å². The van der Waals surface area contributed by atoms with Crippen molar-refractivity contribution in [3.63, 3.8) is 0 Å². The number of rotatable bonds is 5. The molecule has 1 aromatic rings. The Morgan fingerprint density at radius 1 is 1.08 bits per heavy atom. The summed E-state index contributed by atoms with van der Waals surface area (Å²) in [5.41, 5.74) is 0.628. The molecule has 0 atom stereocenters. The van der Waals surface area contributed by atoms with Crippen molar-refractivity contribution < 1.29 is 9.90 Å². The van der Waals surface area contributed by atoms with E-state index in [2.05, 4.69) is 4.90 Å². The molecule has 3 rings (SSSR count). The number of piperidine rings is 1. The fraction of sp³-hybridized carbons (Fsp3) is 0.667. The van der Waals surface area contributed by atoms with Crippen molar-refractivity contribution in [1.29, 1.82) is 0 Å². The summed E-state index contributed by atoms with van der Waals surface area (Å²) in [5, 5.41) is 9.11. The number of phenols is 1. The normalized spacial score (nSPS) is 18.0. The number of aromatic hydroxyl groups is 1. The first-order valence-corrected chi connectivity index (χ1v) is 9.98. The van der Waals surface area contributed by atoms with Crippen LogP contribution in [0, 0.1) is 0 Å². The van der Waals surface area contributed by atoms with Gasteiger partial charge in [-0.05, 0) is 76.4 Å². The van der Waals surface area contributed by atoms with Crippen molar-refractivity contribution in [2.75, 3.05) is 26.2 Å². The molecule has 1 aliphatic heterocycles. The van der Waals surface area contributed by atoms with E-state index in [4.69, 9.17) is 5.11 Å². The zero-order chi connectivity index (χ0) is 18.1. The van der Waals surface area contributed by atoms with Gasteiger partial charge in [-0.15, -0.1) is 0 Å². The summed E-state index contributed by atoms with van der Waals surface area (Å²) in [6.07, 6.45) is 9.80. The molecule has 2 aliphatic rings. The van der Waals surface area contributed by atoms with Gasteiger partial charge in [-0.1, -0.05) is 19.8 Å². The van der Waals surface area contributed by atoms with Crippen molar-refractivity contribution in [3.05, 3.63) is 29.8 Å². The lowest BCUT2D eigenvalue weighted by atomic mass is 9.90. The minimum absolute atomic E-state index is 0.0272. The number of phenolic OH excluding ortho intramolecular Hbond substituents is 1.